The topological polar surface area (TPSA) is 128 Å². The Morgan fingerprint density at radius 1 is 1.16 bits per heavy atom. The molecule has 1 aromatic heterocycles. The Hall–Kier alpha value is -4.25. The zero-order valence-electron chi connectivity index (χ0n) is 18.8. The minimum absolute atomic E-state index is 0.0826. The number of alkyl halides is 3. The molecule has 2 aromatic carbocycles. The highest BCUT2D eigenvalue weighted by Gasteiger charge is 2.51. The molecule has 3 N–H and O–H groups in total. The van der Waals surface area contributed by atoms with Gasteiger partial charge in [-0.25, -0.2) is 10.2 Å². The van der Waals surface area contributed by atoms with E-state index in [4.69, 9.17) is 11.6 Å². The van der Waals surface area contributed by atoms with Gasteiger partial charge >= 0.3 is 18.1 Å². The lowest BCUT2D eigenvalue weighted by atomic mass is 10.1. The SMILES string of the molecule is N#CC1C=N[N+](C(=O)Nc2ccc(-c3noc(C(F)(F)F)n3)cc2)(C2=C(c3ccc(Cl)cc3)NNC2)C1. The van der Waals surface area contributed by atoms with Gasteiger partial charge in [0.25, 0.3) is 0 Å². The van der Waals surface area contributed by atoms with Crippen molar-refractivity contribution in [3.05, 3.63) is 70.7 Å². The molecule has 2 unspecified atom stereocenters. The standard InChI is InChI=1S/C23H16ClF3N8O2/c24-16-5-1-14(2-6-16)19-18(11-29-33-19)35(12-13(9-28)10-30-35)22(36)31-17-7-3-15(4-8-17)20-32-21(37-34-20)23(25,26)27/h1-8,10,13,29,33H,11-12H2/p+1. The number of amides is 2. The minimum atomic E-state index is -4.75. The molecular formula is C23H17ClF3N8O2+. The Bertz CT molecular complexity index is 1440. The number of hydrazine groups is 1. The van der Waals surface area contributed by atoms with Crippen LogP contribution in [0.2, 0.25) is 5.02 Å². The maximum absolute atomic E-state index is 13.6. The fourth-order valence-corrected chi connectivity index (χ4v) is 4.13. The van der Waals surface area contributed by atoms with Crippen LogP contribution in [0.1, 0.15) is 11.5 Å². The Morgan fingerprint density at radius 3 is 2.49 bits per heavy atom. The van der Waals surface area contributed by atoms with Gasteiger partial charge in [-0.2, -0.15) is 23.4 Å². The molecule has 14 heteroatoms. The summed E-state index contributed by atoms with van der Waals surface area (Å²) in [7, 11) is 0. The van der Waals surface area contributed by atoms with Crippen molar-refractivity contribution in [3.63, 3.8) is 0 Å². The van der Waals surface area contributed by atoms with Crippen LogP contribution in [0.25, 0.3) is 17.1 Å². The molecule has 2 atom stereocenters. The van der Waals surface area contributed by atoms with Gasteiger partial charge in [-0.15, -0.1) is 0 Å². The number of rotatable bonds is 4. The predicted octanol–water partition coefficient (Wildman–Crippen LogP) is 4.37. The van der Waals surface area contributed by atoms with Crippen LogP contribution in [0.4, 0.5) is 23.7 Å². The van der Waals surface area contributed by atoms with Gasteiger partial charge in [-0.05, 0) is 36.4 Å². The fourth-order valence-electron chi connectivity index (χ4n) is 4.01. The molecule has 0 saturated heterocycles. The van der Waals surface area contributed by atoms with E-state index in [-0.39, 0.29) is 24.5 Å². The van der Waals surface area contributed by atoms with Crippen LogP contribution >= 0.6 is 11.6 Å². The first-order chi connectivity index (χ1) is 17.7. The van der Waals surface area contributed by atoms with Crippen LogP contribution in [-0.2, 0) is 6.18 Å². The summed E-state index contributed by atoms with van der Waals surface area (Å²) in [6, 6.07) is 14.5. The van der Waals surface area contributed by atoms with Crippen molar-refractivity contribution in [1.29, 1.82) is 5.26 Å². The van der Waals surface area contributed by atoms with Crippen molar-refractivity contribution < 1.29 is 27.1 Å². The van der Waals surface area contributed by atoms with Gasteiger partial charge in [0.1, 0.15) is 18.2 Å². The van der Waals surface area contributed by atoms with Gasteiger partial charge in [-0.1, -0.05) is 38.6 Å². The Balaban J connectivity index is 1.43. The Labute approximate surface area is 212 Å². The second-order valence-corrected chi connectivity index (χ2v) is 8.62. The van der Waals surface area contributed by atoms with E-state index in [9.17, 15) is 23.2 Å². The molecule has 0 aliphatic carbocycles. The maximum atomic E-state index is 13.6. The summed E-state index contributed by atoms with van der Waals surface area (Å²) in [5, 5.41) is 20.6. The number of nitrogens with one attached hydrogen (secondary N) is 3. The van der Waals surface area contributed by atoms with Gasteiger partial charge in [0.05, 0.1) is 18.8 Å². The number of halogens is 4. The number of nitrogens with zero attached hydrogens (tertiary/aromatic N) is 5. The van der Waals surface area contributed by atoms with Crippen molar-refractivity contribution in [1.82, 2.24) is 21.0 Å². The summed E-state index contributed by atoms with van der Waals surface area (Å²) < 4.78 is 42.0. The molecule has 2 amide bonds. The predicted molar refractivity (Wildman–Crippen MR) is 126 cm³/mol. The van der Waals surface area contributed by atoms with Gasteiger partial charge in [0.15, 0.2) is 5.70 Å². The number of carbonyl (C=O) groups excluding carboxylic acids is 1. The average Bonchev–Trinajstić information content (AvgIpc) is 3.64. The summed E-state index contributed by atoms with van der Waals surface area (Å²) in [5.41, 5.74) is 8.70. The molecule has 37 heavy (non-hydrogen) atoms. The molecule has 0 saturated carbocycles. The van der Waals surface area contributed by atoms with Crippen LogP contribution in [0.5, 0.6) is 0 Å². The van der Waals surface area contributed by atoms with Crippen molar-refractivity contribution in [2.24, 2.45) is 11.0 Å². The van der Waals surface area contributed by atoms with E-state index >= 15 is 0 Å². The second kappa shape index (κ2) is 9.32. The molecular weight excluding hydrogens is 513 g/mol. The van der Waals surface area contributed by atoms with E-state index < -0.39 is 28.6 Å². The number of nitriles is 1. The second-order valence-electron chi connectivity index (χ2n) is 8.19. The molecule has 0 fully saturated rings. The van der Waals surface area contributed by atoms with E-state index in [1.807, 2.05) is 0 Å². The fraction of sp³-hybridized carbons (Fsp3) is 0.174. The van der Waals surface area contributed by atoms with Crippen LogP contribution in [0.15, 0.2) is 63.9 Å². The minimum Gasteiger partial charge on any atom is -0.329 e. The number of anilines is 1. The molecule has 0 spiro atoms. The zero-order chi connectivity index (χ0) is 26.2. The van der Waals surface area contributed by atoms with Crippen molar-refractivity contribution in [2.45, 2.75) is 6.18 Å². The average molecular weight is 530 g/mol. The van der Waals surface area contributed by atoms with E-state index in [2.05, 4.69) is 42.0 Å². The highest BCUT2D eigenvalue weighted by Crippen LogP contribution is 2.34. The van der Waals surface area contributed by atoms with E-state index in [0.29, 0.717) is 22.1 Å². The number of benzene rings is 2. The first-order valence-electron chi connectivity index (χ1n) is 10.8. The van der Waals surface area contributed by atoms with Crippen LogP contribution in [0, 0.1) is 17.2 Å². The zero-order valence-corrected chi connectivity index (χ0v) is 19.5. The molecule has 2 aliphatic heterocycles. The number of carbonyl (C=O) groups is 1. The molecule has 188 valence electrons. The van der Waals surface area contributed by atoms with Crippen molar-refractivity contribution in [3.8, 4) is 17.5 Å². The lowest BCUT2D eigenvalue weighted by Crippen LogP contribution is -2.50. The van der Waals surface area contributed by atoms with E-state index in [1.165, 1.54) is 30.5 Å². The van der Waals surface area contributed by atoms with Crippen molar-refractivity contribution >= 4 is 35.2 Å². The van der Waals surface area contributed by atoms with Crippen LogP contribution in [-0.4, -0.2) is 40.1 Å². The third kappa shape index (κ3) is 4.65. The first-order valence-corrected chi connectivity index (χ1v) is 11.2. The molecule has 0 radical (unpaired) electrons. The summed E-state index contributed by atoms with van der Waals surface area (Å²) in [4.78, 5) is 17.0. The lowest BCUT2D eigenvalue weighted by Gasteiger charge is -2.27. The van der Waals surface area contributed by atoms with Crippen LogP contribution < -0.4 is 16.2 Å². The third-order valence-corrected chi connectivity index (χ3v) is 6.06. The summed E-state index contributed by atoms with van der Waals surface area (Å²) in [6.45, 7) is 0.360. The smallest absolute Gasteiger partial charge is 0.329 e. The molecule has 2 aliphatic rings. The number of aromatic nitrogens is 2. The van der Waals surface area contributed by atoms with Gasteiger partial charge in [0.2, 0.25) is 5.82 Å². The molecule has 5 rings (SSSR count). The summed E-state index contributed by atoms with van der Waals surface area (Å²) in [5.74, 6) is -2.28. The quantitative estimate of drug-likeness (QED) is 0.428. The highest BCUT2D eigenvalue weighted by molar-refractivity contribution is 6.30. The Morgan fingerprint density at radius 2 is 1.86 bits per heavy atom. The van der Waals surface area contributed by atoms with Gasteiger partial charge in [-0.3, -0.25) is 5.32 Å². The normalized spacial score (nSPS) is 21.1. The Kier molecular flexibility index (Phi) is 6.16. The lowest BCUT2D eigenvalue weighted by molar-refractivity contribution is -0.810. The maximum Gasteiger partial charge on any atom is 0.471 e. The number of urea groups is 1. The largest absolute Gasteiger partial charge is 0.471 e. The molecule has 3 heterocycles. The monoisotopic (exact) mass is 529 g/mol. The van der Waals surface area contributed by atoms with E-state index in [0.717, 1.165) is 5.56 Å². The van der Waals surface area contributed by atoms with Gasteiger partial charge < -0.3 is 9.95 Å². The summed E-state index contributed by atoms with van der Waals surface area (Å²) >= 11 is 6.02. The number of quaternary nitrogens is 1. The number of hydrogen-bond acceptors (Lipinski definition) is 8. The van der Waals surface area contributed by atoms with E-state index in [1.54, 1.807) is 24.3 Å². The number of hydrogen-bond donors (Lipinski definition) is 3. The third-order valence-electron chi connectivity index (χ3n) is 5.81. The molecule has 10 nitrogen and oxygen atoms in total. The first kappa shape index (κ1) is 24.4. The summed E-state index contributed by atoms with van der Waals surface area (Å²) in [6.07, 6.45) is -3.31. The highest BCUT2D eigenvalue weighted by atomic mass is 35.5. The van der Waals surface area contributed by atoms with Gasteiger partial charge in [0, 0.05) is 21.8 Å². The van der Waals surface area contributed by atoms with Crippen molar-refractivity contribution in [2.75, 3.05) is 18.4 Å². The molecule has 3 aromatic rings. The van der Waals surface area contributed by atoms with Crippen LogP contribution in [0.3, 0.4) is 0 Å². The molecule has 0 bridgehead atoms.